The summed E-state index contributed by atoms with van der Waals surface area (Å²) in [5.74, 6) is 0.598. The molecule has 14 heteroatoms. The number of carbonyl (C=O) groups is 1. The smallest absolute Gasteiger partial charge is 0.311 e. The van der Waals surface area contributed by atoms with Crippen molar-refractivity contribution in [3.63, 3.8) is 0 Å². The summed E-state index contributed by atoms with van der Waals surface area (Å²) in [6, 6.07) is 5.51. The number of nitrogens with zero attached hydrogens (tertiary/aromatic N) is 3. The lowest BCUT2D eigenvalue weighted by Gasteiger charge is -2.30. The zero-order chi connectivity index (χ0) is 43.0. The van der Waals surface area contributed by atoms with Crippen molar-refractivity contribution in [1.29, 1.82) is 0 Å². The molecule has 1 aliphatic rings. The molecule has 0 amide bonds. The summed E-state index contributed by atoms with van der Waals surface area (Å²) < 4.78 is 48.3. The minimum atomic E-state index is -3.66. The van der Waals surface area contributed by atoms with Crippen molar-refractivity contribution in [2.75, 3.05) is 32.2 Å². The molecule has 1 fully saturated rings. The van der Waals surface area contributed by atoms with Crippen LogP contribution in [0.25, 0.3) is 5.65 Å². The normalized spacial score (nSPS) is 16.6. The summed E-state index contributed by atoms with van der Waals surface area (Å²) in [5.41, 5.74) is 2.66. The molecule has 1 saturated carbocycles. The number of sulfonamides is 1. The second-order valence-corrected chi connectivity index (χ2v) is 19.5. The van der Waals surface area contributed by atoms with Crippen LogP contribution in [0.3, 0.4) is 0 Å². The van der Waals surface area contributed by atoms with Crippen molar-refractivity contribution in [3.05, 3.63) is 47.4 Å². The van der Waals surface area contributed by atoms with Gasteiger partial charge >= 0.3 is 5.97 Å². The lowest BCUT2D eigenvalue weighted by Crippen LogP contribution is -2.38. The molecule has 2 heterocycles. The Bertz CT molecular complexity index is 1810. The Labute approximate surface area is 365 Å². The van der Waals surface area contributed by atoms with Gasteiger partial charge in [-0.1, -0.05) is 121 Å². The molecular formula is C46H76N6O6S2. The third-order valence-electron chi connectivity index (χ3n) is 11.1. The first-order chi connectivity index (χ1) is 29.1. The molecule has 3 atom stereocenters. The topological polar surface area (TPSA) is 149 Å². The Morgan fingerprint density at radius 2 is 1.62 bits per heavy atom. The zero-order valence-electron chi connectivity index (χ0n) is 37.4. The molecule has 2 unspecified atom stereocenters. The number of fused-ring (bicyclic) bond motifs is 1. The molecule has 0 radical (unpaired) electrons. The first kappa shape index (κ1) is 49.7. The van der Waals surface area contributed by atoms with E-state index >= 15 is 0 Å². The molecule has 12 nitrogen and oxygen atoms in total. The fourth-order valence-electron chi connectivity index (χ4n) is 7.51. The molecule has 0 aliphatic heterocycles. The number of aromatic amines is 1. The van der Waals surface area contributed by atoms with Crippen LogP contribution in [0.15, 0.2) is 40.1 Å². The van der Waals surface area contributed by atoms with Crippen molar-refractivity contribution in [2.45, 2.75) is 185 Å². The Morgan fingerprint density at radius 1 is 0.933 bits per heavy atom. The van der Waals surface area contributed by atoms with Gasteiger partial charge in [0.1, 0.15) is 5.75 Å². The van der Waals surface area contributed by atoms with E-state index in [9.17, 15) is 13.2 Å². The second-order valence-electron chi connectivity index (χ2n) is 16.5. The largest absolute Gasteiger partial charge is 0.492 e. The summed E-state index contributed by atoms with van der Waals surface area (Å²) in [5, 5.41) is 10.9. The van der Waals surface area contributed by atoms with Crippen LogP contribution in [0.5, 0.6) is 5.75 Å². The SMILES string of the molecule is CCCCCCCCC=CCCCCCCCCOC(=O)[C@@H]1CCCCC1OCNCCS(=O)(=O)NC(C)c1nc2c(Sc3cc(C)ccc3OCCCC)c(C)[nH]n2n1. The fourth-order valence-corrected chi connectivity index (χ4v) is 9.80. The van der Waals surface area contributed by atoms with E-state index in [4.69, 9.17) is 19.2 Å². The number of H-pyrrole nitrogens is 1. The number of aromatic nitrogens is 4. The number of nitrogens with one attached hydrogen (secondary N) is 3. The highest BCUT2D eigenvalue weighted by atomic mass is 32.2. The Balaban J connectivity index is 1.10. The van der Waals surface area contributed by atoms with E-state index in [-0.39, 0.29) is 37.0 Å². The Hall–Kier alpha value is -2.91. The van der Waals surface area contributed by atoms with Gasteiger partial charge in [-0.15, -0.1) is 5.10 Å². The number of unbranched alkanes of at least 4 members (excludes halogenated alkanes) is 13. The van der Waals surface area contributed by atoms with E-state index in [0.717, 1.165) is 78.2 Å². The Kier molecular flexibility index (Phi) is 23.1. The summed E-state index contributed by atoms with van der Waals surface area (Å²) >= 11 is 1.56. The van der Waals surface area contributed by atoms with Gasteiger partial charge in [-0.05, 0) is 89.8 Å². The van der Waals surface area contributed by atoms with E-state index in [1.165, 1.54) is 77.0 Å². The summed E-state index contributed by atoms with van der Waals surface area (Å²) in [4.78, 5) is 19.6. The molecule has 1 aliphatic carbocycles. The number of esters is 1. The third kappa shape index (κ3) is 17.8. The molecule has 3 aromatic rings. The molecule has 0 saturated heterocycles. The van der Waals surface area contributed by atoms with Gasteiger partial charge in [-0.2, -0.15) is 4.63 Å². The number of hydrogen-bond donors (Lipinski definition) is 3. The number of allylic oxidation sites excluding steroid dienone is 2. The van der Waals surface area contributed by atoms with Gasteiger partial charge in [-0.25, -0.2) is 18.1 Å². The molecule has 2 aromatic heterocycles. The van der Waals surface area contributed by atoms with Crippen LogP contribution in [0.4, 0.5) is 0 Å². The zero-order valence-corrected chi connectivity index (χ0v) is 39.0. The van der Waals surface area contributed by atoms with Gasteiger partial charge in [0.25, 0.3) is 0 Å². The molecule has 3 N–H and O–H groups in total. The van der Waals surface area contributed by atoms with E-state index in [0.29, 0.717) is 24.7 Å². The van der Waals surface area contributed by atoms with Crippen LogP contribution in [0.1, 0.15) is 172 Å². The highest BCUT2D eigenvalue weighted by molar-refractivity contribution is 7.99. The molecule has 4 rings (SSSR count). The fraction of sp³-hybridized carbons (Fsp3) is 0.717. The molecule has 1 aromatic carbocycles. The number of benzene rings is 1. The van der Waals surface area contributed by atoms with Gasteiger partial charge in [0.05, 0.1) is 53.6 Å². The van der Waals surface area contributed by atoms with Crippen molar-refractivity contribution in [3.8, 4) is 5.75 Å². The monoisotopic (exact) mass is 873 g/mol. The van der Waals surface area contributed by atoms with Crippen LogP contribution in [-0.4, -0.2) is 72.5 Å². The average Bonchev–Trinajstić information content (AvgIpc) is 3.77. The standard InChI is InChI=1S/C46H76N6O6S2/c1-6-8-10-11-12-13-14-15-16-17-18-19-20-21-22-25-32-57-46(53)39-26-23-24-27-40(39)58-35-47-30-33-60(54,55)51-38(5)44-48-45-43(37(4)49-52(45)50-44)59-42-34-36(3)28-29-41(42)56-31-9-7-2/h15-16,28-29,34,38-40,47,49,51H,6-14,17-27,30-33,35H2,1-5H3/t38?,39-,40?/m1/s1. The third-order valence-corrected chi connectivity index (χ3v) is 13.8. The Morgan fingerprint density at radius 3 is 2.35 bits per heavy atom. The van der Waals surface area contributed by atoms with Crippen LogP contribution in [0, 0.1) is 19.8 Å². The average molecular weight is 873 g/mol. The minimum Gasteiger partial charge on any atom is -0.492 e. The molecule has 0 bridgehead atoms. The van der Waals surface area contributed by atoms with Crippen LogP contribution in [0.2, 0.25) is 0 Å². The van der Waals surface area contributed by atoms with Crippen molar-refractivity contribution >= 4 is 33.4 Å². The predicted octanol–water partition coefficient (Wildman–Crippen LogP) is 10.7. The van der Waals surface area contributed by atoms with Crippen molar-refractivity contribution in [2.24, 2.45) is 5.92 Å². The van der Waals surface area contributed by atoms with Crippen molar-refractivity contribution < 1.29 is 27.4 Å². The predicted molar refractivity (Wildman–Crippen MR) is 243 cm³/mol. The maximum atomic E-state index is 13.1. The maximum Gasteiger partial charge on any atom is 0.311 e. The summed E-state index contributed by atoms with van der Waals surface area (Å²) in [6.07, 6.45) is 27.5. The van der Waals surface area contributed by atoms with Crippen LogP contribution in [-0.2, 0) is 24.3 Å². The minimum absolute atomic E-state index is 0.146. The van der Waals surface area contributed by atoms with Gasteiger partial charge < -0.3 is 14.2 Å². The number of rotatable bonds is 32. The van der Waals surface area contributed by atoms with Crippen LogP contribution >= 0.6 is 11.8 Å². The van der Waals surface area contributed by atoms with E-state index in [1.54, 1.807) is 23.3 Å². The van der Waals surface area contributed by atoms with E-state index in [2.05, 4.69) is 59.2 Å². The number of aryl methyl sites for hydroxylation is 2. The lowest BCUT2D eigenvalue weighted by molar-refractivity contribution is -0.157. The van der Waals surface area contributed by atoms with E-state index < -0.39 is 16.1 Å². The van der Waals surface area contributed by atoms with Crippen LogP contribution < -0.4 is 14.8 Å². The quantitative estimate of drug-likeness (QED) is 0.0239. The van der Waals surface area contributed by atoms with E-state index in [1.807, 2.05) is 19.1 Å². The first-order valence-corrected chi connectivity index (χ1v) is 25.6. The molecular weight excluding hydrogens is 797 g/mol. The molecule has 338 valence electrons. The van der Waals surface area contributed by atoms with Crippen molar-refractivity contribution in [1.82, 2.24) is 29.9 Å². The number of carbonyl (C=O) groups excluding carboxylic acids is 1. The lowest BCUT2D eigenvalue weighted by atomic mass is 9.86. The highest BCUT2D eigenvalue weighted by Crippen LogP contribution is 2.39. The second kappa shape index (κ2) is 27.9. The highest BCUT2D eigenvalue weighted by Gasteiger charge is 2.33. The van der Waals surface area contributed by atoms with Gasteiger partial charge in [-0.3, -0.25) is 15.2 Å². The van der Waals surface area contributed by atoms with Gasteiger partial charge in [0.2, 0.25) is 10.0 Å². The summed E-state index contributed by atoms with van der Waals surface area (Å²) in [6.45, 7) is 11.6. The first-order valence-electron chi connectivity index (χ1n) is 23.1. The summed E-state index contributed by atoms with van der Waals surface area (Å²) in [7, 11) is -3.66. The number of ether oxygens (including phenoxy) is 3. The maximum absolute atomic E-state index is 13.1. The van der Waals surface area contributed by atoms with Gasteiger partial charge in [0, 0.05) is 12.2 Å². The number of hydrogen-bond acceptors (Lipinski definition) is 10. The molecule has 0 spiro atoms. The van der Waals surface area contributed by atoms with Gasteiger partial charge in [0.15, 0.2) is 11.5 Å². The molecule has 60 heavy (non-hydrogen) atoms.